The van der Waals surface area contributed by atoms with Crippen LogP contribution in [0.1, 0.15) is 5.56 Å². The van der Waals surface area contributed by atoms with E-state index in [1.54, 1.807) is 0 Å². The Hall–Kier alpha value is -2.29. The average Bonchev–Trinajstić information content (AvgIpc) is 2.57. The van der Waals surface area contributed by atoms with Gasteiger partial charge in [0.05, 0.1) is 19.3 Å². The van der Waals surface area contributed by atoms with Gasteiger partial charge >= 0.3 is 6.09 Å². The van der Waals surface area contributed by atoms with E-state index < -0.39 is 16.1 Å². The van der Waals surface area contributed by atoms with Crippen molar-refractivity contribution < 1.29 is 23.1 Å². The zero-order chi connectivity index (χ0) is 16.3. The Balaban J connectivity index is 2.12. The lowest BCUT2D eigenvalue weighted by Crippen LogP contribution is -2.43. The van der Waals surface area contributed by atoms with Crippen molar-refractivity contribution in [2.75, 3.05) is 31.2 Å². The predicted molar refractivity (Wildman–Crippen MR) is 79.9 cm³/mol. The summed E-state index contributed by atoms with van der Waals surface area (Å²) >= 11 is 0. The quantitative estimate of drug-likeness (QED) is 0.828. The van der Waals surface area contributed by atoms with Crippen LogP contribution >= 0.6 is 0 Å². The van der Waals surface area contributed by atoms with E-state index in [0.29, 0.717) is 10.8 Å². The number of carbonyl (C=O) groups excluding carboxylic acids is 1. The lowest BCUT2D eigenvalue weighted by molar-refractivity contribution is -0.129. The molecule has 8 nitrogen and oxygen atoms in total. The van der Waals surface area contributed by atoms with Gasteiger partial charge in [0.15, 0.2) is 0 Å². The molecule has 0 spiro atoms. The molecule has 0 unspecified atom stereocenters. The smallest absolute Gasteiger partial charge is 0.421 e. The Morgan fingerprint density at radius 2 is 2.09 bits per heavy atom. The fraction of sp³-hybridized carbons (Fsp3) is 0.385. The molecule has 1 aliphatic rings. The van der Waals surface area contributed by atoms with Crippen LogP contribution in [0.15, 0.2) is 24.3 Å². The monoisotopic (exact) mass is 327 g/mol. The number of anilines is 1. The highest BCUT2D eigenvalue weighted by Gasteiger charge is 2.25. The number of rotatable bonds is 4. The van der Waals surface area contributed by atoms with Gasteiger partial charge in [-0.3, -0.25) is 4.79 Å². The van der Waals surface area contributed by atoms with Crippen LogP contribution in [0.5, 0.6) is 0 Å². The number of amides is 2. The molecule has 120 valence electrons. The number of hydrogen-bond donors (Lipinski definition) is 2. The van der Waals surface area contributed by atoms with Gasteiger partial charge in [0.2, 0.25) is 15.9 Å². The van der Waals surface area contributed by atoms with Crippen molar-refractivity contribution in [2.45, 2.75) is 6.54 Å². The zero-order valence-electron chi connectivity index (χ0n) is 12.0. The van der Waals surface area contributed by atoms with E-state index in [4.69, 9.17) is 5.11 Å². The highest BCUT2D eigenvalue weighted by atomic mass is 32.2. The highest BCUT2D eigenvalue weighted by Crippen LogP contribution is 2.20. The van der Waals surface area contributed by atoms with E-state index in [9.17, 15) is 18.0 Å². The van der Waals surface area contributed by atoms with Crippen LogP contribution in [0.2, 0.25) is 0 Å². The van der Waals surface area contributed by atoms with E-state index in [1.165, 1.54) is 4.90 Å². The molecule has 0 bridgehead atoms. The summed E-state index contributed by atoms with van der Waals surface area (Å²) in [5.41, 5.74) is 1.74. The molecular weight excluding hydrogens is 310 g/mol. The van der Waals surface area contributed by atoms with Crippen LogP contribution in [0.4, 0.5) is 10.5 Å². The first-order chi connectivity index (χ1) is 10.3. The number of nitrogens with zero attached hydrogens (tertiary/aromatic N) is 2. The Morgan fingerprint density at radius 3 is 2.73 bits per heavy atom. The summed E-state index contributed by atoms with van der Waals surface area (Å²) in [5.74, 6) is -0.213. The third-order valence-electron chi connectivity index (χ3n) is 3.35. The van der Waals surface area contributed by atoms with Crippen molar-refractivity contribution in [3.05, 3.63) is 29.8 Å². The molecule has 2 amide bonds. The number of carboxylic acid groups (broad SMARTS) is 1. The summed E-state index contributed by atoms with van der Waals surface area (Å²) in [4.78, 5) is 24.5. The Labute approximate surface area is 128 Å². The van der Waals surface area contributed by atoms with Crippen molar-refractivity contribution >= 4 is 27.7 Å². The fourth-order valence-electron chi connectivity index (χ4n) is 2.23. The summed E-state index contributed by atoms with van der Waals surface area (Å²) < 4.78 is 23.2. The maximum absolute atomic E-state index is 12.1. The molecule has 0 radical (unpaired) electrons. The molecule has 22 heavy (non-hydrogen) atoms. The summed E-state index contributed by atoms with van der Waals surface area (Å²) in [6, 6.07) is 7.40. The van der Waals surface area contributed by atoms with E-state index in [0.717, 1.165) is 17.5 Å². The summed E-state index contributed by atoms with van der Waals surface area (Å²) in [6.45, 7) is 0.110. The van der Waals surface area contributed by atoms with Gasteiger partial charge in [0, 0.05) is 18.8 Å². The molecule has 0 fully saturated rings. The second kappa shape index (κ2) is 6.22. The number of benzene rings is 1. The molecule has 1 aromatic carbocycles. The van der Waals surface area contributed by atoms with Crippen molar-refractivity contribution in [2.24, 2.45) is 0 Å². The van der Waals surface area contributed by atoms with Crippen LogP contribution < -0.4 is 5.32 Å². The topological polar surface area (TPSA) is 107 Å². The zero-order valence-corrected chi connectivity index (χ0v) is 12.8. The van der Waals surface area contributed by atoms with Gasteiger partial charge in [-0.25, -0.2) is 17.5 Å². The third-order valence-corrected chi connectivity index (χ3v) is 4.49. The molecule has 0 saturated heterocycles. The van der Waals surface area contributed by atoms with E-state index in [2.05, 4.69) is 5.32 Å². The Kier molecular flexibility index (Phi) is 4.55. The molecule has 9 heteroatoms. The fourth-order valence-corrected chi connectivity index (χ4v) is 2.92. The number of fused-ring (bicyclic) bond motifs is 1. The van der Waals surface area contributed by atoms with Crippen LogP contribution in [-0.2, 0) is 21.4 Å². The minimum Gasteiger partial charge on any atom is -0.464 e. The van der Waals surface area contributed by atoms with Crippen LogP contribution in [0.3, 0.4) is 0 Å². The molecule has 0 saturated carbocycles. The van der Waals surface area contributed by atoms with Gasteiger partial charge < -0.3 is 15.3 Å². The van der Waals surface area contributed by atoms with Gasteiger partial charge in [0.1, 0.15) is 0 Å². The lowest BCUT2D eigenvalue weighted by atomic mass is 10.2. The molecular formula is C13H17N3O5S. The summed E-state index contributed by atoms with van der Waals surface area (Å²) in [5, 5.41) is 12.0. The first-order valence-corrected chi connectivity index (χ1v) is 8.44. The van der Waals surface area contributed by atoms with Gasteiger partial charge in [-0.2, -0.15) is 0 Å². The summed E-state index contributed by atoms with van der Waals surface area (Å²) in [6.07, 6.45) is -0.731. The van der Waals surface area contributed by atoms with Gasteiger partial charge in [-0.05, 0) is 11.6 Å². The number of sulfonamides is 1. The largest absolute Gasteiger partial charge is 0.464 e. The number of hydrogen-bond acceptors (Lipinski definition) is 5. The Morgan fingerprint density at radius 1 is 1.41 bits per heavy atom. The van der Waals surface area contributed by atoms with Gasteiger partial charge in [0.25, 0.3) is 0 Å². The highest BCUT2D eigenvalue weighted by molar-refractivity contribution is 7.88. The first kappa shape index (κ1) is 16.1. The molecule has 1 aliphatic heterocycles. The van der Waals surface area contributed by atoms with Gasteiger partial charge in [-0.15, -0.1) is 0 Å². The third kappa shape index (κ3) is 3.67. The van der Waals surface area contributed by atoms with Crippen LogP contribution in [-0.4, -0.2) is 60.6 Å². The minimum atomic E-state index is -3.87. The maximum Gasteiger partial charge on any atom is 0.421 e. The first-order valence-electron chi connectivity index (χ1n) is 6.59. The molecule has 2 rings (SSSR count). The average molecular weight is 327 g/mol. The van der Waals surface area contributed by atoms with Crippen molar-refractivity contribution in [1.82, 2.24) is 9.21 Å². The van der Waals surface area contributed by atoms with Crippen LogP contribution in [0, 0.1) is 0 Å². The molecule has 2 N–H and O–H groups in total. The van der Waals surface area contributed by atoms with Crippen molar-refractivity contribution in [1.29, 1.82) is 0 Å². The number of para-hydroxylation sites is 1. The normalized spacial score (nSPS) is 14.8. The maximum atomic E-state index is 12.1. The van der Waals surface area contributed by atoms with E-state index in [-0.39, 0.29) is 25.5 Å². The Bertz CT molecular complexity index is 689. The van der Waals surface area contributed by atoms with Crippen molar-refractivity contribution in [3.63, 3.8) is 0 Å². The van der Waals surface area contributed by atoms with Gasteiger partial charge in [-0.1, -0.05) is 18.2 Å². The molecule has 0 atom stereocenters. The molecule has 1 aromatic rings. The van der Waals surface area contributed by atoms with E-state index >= 15 is 0 Å². The standard InChI is InChI=1S/C13H17N3O5S/c1-22(20,21)16(13(18)19)7-6-15-9-10-4-2-3-5-11(10)14-8-12(15)17/h2-5,14H,6-9H2,1H3,(H,18,19). The SMILES string of the molecule is CS(=O)(=O)N(CCN1Cc2ccccc2NCC1=O)C(=O)O. The molecule has 0 aliphatic carbocycles. The van der Waals surface area contributed by atoms with Crippen LogP contribution in [0.25, 0.3) is 0 Å². The predicted octanol–water partition coefficient (Wildman–Crippen LogP) is 0.380. The molecule has 0 aromatic heterocycles. The second-order valence-electron chi connectivity index (χ2n) is 4.94. The second-order valence-corrected chi connectivity index (χ2v) is 6.85. The molecule has 1 heterocycles. The minimum absolute atomic E-state index is 0.00815. The number of carbonyl (C=O) groups is 2. The lowest BCUT2D eigenvalue weighted by Gasteiger charge is -2.24. The van der Waals surface area contributed by atoms with Crippen molar-refractivity contribution in [3.8, 4) is 0 Å². The number of nitrogens with one attached hydrogen (secondary N) is 1. The van der Waals surface area contributed by atoms with E-state index in [1.807, 2.05) is 24.3 Å². The summed E-state index contributed by atoms with van der Waals surface area (Å²) in [7, 11) is -3.87.